The maximum Gasteiger partial charge on any atom is 0.416 e. The highest BCUT2D eigenvalue weighted by molar-refractivity contribution is 5.92. The van der Waals surface area contributed by atoms with Gasteiger partial charge in [-0.2, -0.15) is 26.3 Å². The van der Waals surface area contributed by atoms with Crippen LogP contribution in [-0.4, -0.2) is 12.1 Å². The molecule has 1 aromatic rings. The number of rotatable bonds is 2. The van der Waals surface area contributed by atoms with E-state index >= 15 is 0 Å². The minimum absolute atomic E-state index is 0.00954. The van der Waals surface area contributed by atoms with Crippen molar-refractivity contribution in [2.45, 2.75) is 45.0 Å². The van der Waals surface area contributed by atoms with Crippen molar-refractivity contribution in [3.8, 4) is 0 Å². The number of benzene rings is 1. The van der Waals surface area contributed by atoms with Gasteiger partial charge >= 0.3 is 12.4 Å². The van der Waals surface area contributed by atoms with Gasteiger partial charge in [-0.25, -0.2) is 0 Å². The second-order valence-corrected chi connectivity index (χ2v) is 6.12. The SMILES string of the molecule is Cc1ccc(NC(=O)C2CCCC(C(F)(F)F)C2)cc1C(F)(F)F. The van der Waals surface area contributed by atoms with Gasteiger partial charge in [0.15, 0.2) is 0 Å². The number of aryl methyl sites for hydroxylation is 1. The van der Waals surface area contributed by atoms with E-state index in [2.05, 4.69) is 5.32 Å². The molecule has 24 heavy (non-hydrogen) atoms. The summed E-state index contributed by atoms with van der Waals surface area (Å²) in [5.41, 5.74) is -0.931. The first kappa shape index (κ1) is 18.6. The van der Waals surface area contributed by atoms with Crippen LogP contribution in [0.4, 0.5) is 32.0 Å². The van der Waals surface area contributed by atoms with Gasteiger partial charge in [-0.3, -0.25) is 4.79 Å². The smallest absolute Gasteiger partial charge is 0.326 e. The lowest BCUT2D eigenvalue weighted by atomic mass is 9.80. The van der Waals surface area contributed by atoms with Crippen molar-refractivity contribution >= 4 is 11.6 Å². The Morgan fingerprint density at radius 2 is 1.79 bits per heavy atom. The molecule has 2 rings (SSSR count). The van der Waals surface area contributed by atoms with E-state index in [9.17, 15) is 31.1 Å². The van der Waals surface area contributed by atoms with Crippen molar-refractivity contribution in [2.75, 3.05) is 5.32 Å². The van der Waals surface area contributed by atoms with Crippen LogP contribution >= 0.6 is 0 Å². The Kier molecular flexibility index (Phi) is 5.15. The maximum atomic E-state index is 12.9. The van der Waals surface area contributed by atoms with E-state index in [1.807, 2.05) is 0 Å². The van der Waals surface area contributed by atoms with E-state index in [0.717, 1.165) is 6.07 Å². The summed E-state index contributed by atoms with van der Waals surface area (Å²) in [6.07, 6.45) is -8.69. The second-order valence-electron chi connectivity index (χ2n) is 6.12. The largest absolute Gasteiger partial charge is 0.416 e. The Morgan fingerprint density at radius 3 is 2.38 bits per heavy atom. The Balaban J connectivity index is 2.10. The van der Waals surface area contributed by atoms with Crippen molar-refractivity contribution in [3.05, 3.63) is 29.3 Å². The molecule has 0 saturated heterocycles. The number of anilines is 1. The van der Waals surface area contributed by atoms with Crippen molar-refractivity contribution < 1.29 is 31.1 Å². The first-order chi connectivity index (χ1) is 11.0. The lowest BCUT2D eigenvalue weighted by molar-refractivity contribution is -0.185. The predicted octanol–water partition coefficient (Wildman–Crippen LogP) is 5.32. The summed E-state index contributed by atoms with van der Waals surface area (Å²) in [6.45, 7) is 1.30. The van der Waals surface area contributed by atoms with Gasteiger partial charge < -0.3 is 5.32 Å². The summed E-state index contributed by atoms with van der Waals surface area (Å²) in [5, 5.41) is 2.32. The summed E-state index contributed by atoms with van der Waals surface area (Å²) in [5.74, 6) is -3.05. The molecule has 2 nitrogen and oxygen atoms in total. The van der Waals surface area contributed by atoms with E-state index in [1.54, 1.807) is 0 Å². The van der Waals surface area contributed by atoms with Gasteiger partial charge in [0.05, 0.1) is 11.5 Å². The first-order valence-corrected chi connectivity index (χ1v) is 7.54. The molecule has 0 spiro atoms. The third-order valence-electron chi connectivity index (χ3n) is 4.32. The van der Waals surface area contributed by atoms with Crippen LogP contribution in [0, 0.1) is 18.8 Å². The molecule has 2 unspecified atom stereocenters. The predicted molar refractivity (Wildman–Crippen MR) is 76.3 cm³/mol. The van der Waals surface area contributed by atoms with Gasteiger partial charge in [0.25, 0.3) is 0 Å². The lowest BCUT2D eigenvalue weighted by Crippen LogP contribution is -2.34. The van der Waals surface area contributed by atoms with Gasteiger partial charge in [-0.05, 0) is 43.9 Å². The Hall–Kier alpha value is -1.73. The van der Waals surface area contributed by atoms with Crippen LogP contribution in [0.3, 0.4) is 0 Å². The van der Waals surface area contributed by atoms with E-state index in [-0.39, 0.29) is 30.5 Å². The summed E-state index contributed by atoms with van der Waals surface area (Å²) >= 11 is 0. The summed E-state index contributed by atoms with van der Waals surface area (Å²) in [4.78, 5) is 12.1. The lowest BCUT2D eigenvalue weighted by Gasteiger charge is -2.29. The van der Waals surface area contributed by atoms with Gasteiger partial charge in [0.2, 0.25) is 5.91 Å². The molecule has 1 aliphatic carbocycles. The highest BCUT2D eigenvalue weighted by Crippen LogP contribution is 2.40. The summed E-state index contributed by atoms with van der Waals surface area (Å²) < 4.78 is 76.9. The summed E-state index contributed by atoms with van der Waals surface area (Å²) in [6, 6.07) is 3.33. The van der Waals surface area contributed by atoms with Crippen LogP contribution in [0.2, 0.25) is 0 Å². The van der Waals surface area contributed by atoms with Crippen LogP contribution < -0.4 is 5.32 Å². The topological polar surface area (TPSA) is 29.1 Å². The number of carbonyl (C=O) groups is 1. The quantitative estimate of drug-likeness (QED) is 0.716. The van der Waals surface area contributed by atoms with Gasteiger partial charge in [0, 0.05) is 11.6 Å². The number of carbonyl (C=O) groups excluding carboxylic acids is 1. The molecule has 1 aliphatic rings. The van der Waals surface area contributed by atoms with Gasteiger partial charge in [-0.1, -0.05) is 12.5 Å². The van der Waals surface area contributed by atoms with Crippen molar-refractivity contribution in [3.63, 3.8) is 0 Å². The molecule has 8 heteroatoms. The average Bonchev–Trinajstić information content (AvgIpc) is 2.47. The molecule has 0 bridgehead atoms. The third kappa shape index (κ3) is 4.42. The molecule has 134 valence electrons. The highest BCUT2D eigenvalue weighted by Gasteiger charge is 2.43. The zero-order chi connectivity index (χ0) is 18.1. The number of hydrogen-bond donors (Lipinski definition) is 1. The molecule has 1 aromatic carbocycles. The highest BCUT2D eigenvalue weighted by atomic mass is 19.4. The molecular formula is C16H17F6NO. The minimum Gasteiger partial charge on any atom is -0.326 e. The molecule has 0 heterocycles. The number of nitrogens with one attached hydrogen (secondary N) is 1. The van der Waals surface area contributed by atoms with Crippen LogP contribution in [0.25, 0.3) is 0 Å². The van der Waals surface area contributed by atoms with Crippen LogP contribution in [0.1, 0.15) is 36.8 Å². The van der Waals surface area contributed by atoms with E-state index in [0.29, 0.717) is 6.42 Å². The molecule has 1 N–H and O–H groups in total. The Bertz CT molecular complexity index is 608. The minimum atomic E-state index is -4.56. The second kappa shape index (κ2) is 6.64. The molecular weight excluding hydrogens is 336 g/mol. The van der Waals surface area contributed by atoms with Crippen molar-refractivity contribution in [2.24, 2.45) is 11.8 Å². The standard InChI is InChI=1S/C16H17F6NO/c1-9-5-6-12(8-13(9)16(20,21)22)23-14(24)10-3-2-4-11(7-10)15(17,18)19/h5-6,8,10-11H,2-4,7H2,1H3,(H,23,24). The van der Waals surface area contributed by atoms with Gasteiger partial charge in [0.1, 0.15) is 0 Å². The van der Waals surface area contributed by atoms with Crippen molar-refractivity contribution in [1.29, 1.82) is 0 Å². The first-order valence-electron chi connectivity index (χ1n) is 7.54. The van der Waals surface area contributed by atoms with Crippen LogP contribution in [0.15, 0.2) is 18.2 Å². The molecule has 1 amide bonds. The number of hydrogen-bond acceptors (Lipinski definition) is 1. The zero-order valence-electron chi connectivity index (χ0n) is 12.9. The van der Waals surface area contributed by atoms with Gasteiger partial charge in [-0.15, -0.1) is 0 Å². The van der Waals surface area contributed by atoms with E-state index in [1.165, 1.54) is 19.1 Å². The Labute approximate surface area is 135 Å². The fourth-order valence-electron chi connectivity index (χ4n) is 2.97. The average molecular weight is 353 g/mol. The monoisotopic (exact) mass is 353 g/mol. The maximum absolute atomic E-state index is 12.9. The molecule has 2 atom stereocenters. The molecule has 1 fully saturated rings. The molecule has 0 aliphatic heterocycles. The number of halogens is 6. The van der Waals surface area contributed by atoms with Crippen LogP contribution in [0.5, 0.6) is 0 Å². The van der Waals surface area contributed by atoms with Crippen LogP contribution in [-0.2, 0) is 11.0 Å². The number of amides is 1. The number of alkyl halides is 6. The zero-order valence-corrected chi connectivity index (χ0v) is 12.9. The third-order valence-corrected chi connectivity index (χ3v) is 4.32. The fraction of sp³-hybridized carbons (Fsp3) is 0.562. The van der Waals surface area contributed by atoms with Crippen molar-refractivity contribution in [1.82, 2.24) is 0 Å². The van der Waals surface area contributed by atoms with E-state index < -0.39 is 35.7 Å². The molecule has 0 radical (unpaired) electrons. The normalized spacial score (nSPS) is 22.3. The fourth-order valence-corrected chi connectivity index (χ4v) is 2.97. The Morgan fingerprint density at radius 1 is 1.12 bits per heavy atom. The molecule has 1 saturated carbocycles. The summed E-state index contributed by atoms with van der Waals surface area (Å²) in [7, 11) is 0. The van der Waals surface area contributed by atoms with E-state index in [4.69, 9.17) is 0 Å². The molecule has 0 aromatic heterocycles.